The summed E-state index contributed by atoms with van der Waals surface area (Å²) in [4.78, 5) is 7.20. The molecule has 1 unspecified atom stereocenters. The van der Waals surface area contributed by atoms with Gasteiger partial charge in [-0.3, -0.25) is 0 Å². The predicted molar refractivity (Wildman–Crippen MR) is 42.3 cm³/mol. The highest BCUT2D eigenvalue weighted by Crippen LogP contribution is 2.26. The molecule has 0 aliphatic carbocycles. The Hall–Kier alpha value is -1.17. The standard InChI is InChI=1S/C8H9F3N2O/c9-8(10,11)2-1-7(14)6-3-12-5-13-4-6/h3-5,7,14H,1-2H2. The molecule has 6 heteroatoms. The Morgan fingerprint density at radius 3 is 2.36 bits per heavy atom. The third-order valence-electron chi connectivity index (χ3n) is 1.67. The van der Waals surface area contributed by atoms with Crippen LogP contribution in [0.4, 0.5) is 13.2 Å². The van der Waals surface area contributed by atoms with Crippen molar-refractivity contribution in [2.24, 2.45) is 0 Å². The molecule has 0 saturated heterocycles. The third kappa shape index (κ3) is 3.69. The molecule has 1 rings (SSSR count). The average Bonchev–Trinajstić information content (AvgIpc) is 2.14. The summed E-state index contributed by atoms with van der Waals surface area (Å²) in [6.07, 6.45) is -2.92. The van der Waals surface area contributed by atoms with Crippen molar-refractivity contribution in [3.63, 3.8) is 0 Å². The Morgan fingerprint density at radius 2 is 1.86 bits per heavy atom. The average molecular weight is 206 g/mol. The second-order valence-corrected chi connectivity index (χ2v) is 2.84. The first-order valence-corrected chi connectivity index (χ1v) is 3.99. The lowest BCUT2D eigenvalue weighted by Gasteiger charge is -2.11. The van der Waals surface area contributed by atoms with Gasteiger partial charge in [0.1, 0.15) is 6.33 Å². The van der Waals surface area contributed by atoms with Gasteiger partial charge in [0.05, 0.1) is 6.10 Å². The molecule has 0 spiro atoms. The molecule has 0 saturated carbocycles. The fourth-order valence-corrected chi connectivity index (χ4v) is 0.950. The molecule has 0 radical (unpaired) electrons. The van der Waals surface area contributed by atoms with E-state index in [2.05, 4.69) is 9.97 Å². The van der Waals surface area contributed by atoms with E-state index >= 15 is 0 Å². The van der Waals surface area contributed by atoms with E-state index in [0.29, 0.717) is 5.56 Å². The van der Waals surface area contributed by atoms with Crippen LogP contribution in [0.3, 0.4) is 0 Å². The molecule has 0 aliphatic heterocycles. The van der Waals surface area contributed by atoms with Crippen molar-refractivity contribution in [2.45, 2.75) is 25.1 Å². The largest absolute Gasteiger partial charge is 0.389 e. The quantitative estimate of drug-likeness (QED) is 0.820. The molecule has 1 N–H and O–H groups in total. The van der Waals surface area contributed by atoms with Crippen LogP contribution in [0.1, 0.15) is 24.5 Å². The lowest BCUT2D eigenvalue weighted by atomic mass is 10.1. The molecule has 1 aromatic heterocycles. The van der Waals surface area contributed by atoms with E-state index in [1.165, 1.54) is 18.7 Å². The monoisotopic (exact) mass is 206 g/mol. The molecule has 0 aromatic carbocycles. The van der Waals surface area contributed by atoms with Crippen molar-refractivity contribution in [3.05, 3.63) is 24.3 Å². The summed E-state index contributed by atoms with van der Waals surface area (Å²) >= 11 is 0. The highest BCUT2D eigenvalue weighted by molar-refractivity contribution is 5.06. The van der Waals surface area contributed by atoms with Gasteiger partial charge >= 0.3 is 6.18 Å². The Labute approximate surface area is 78.6 Å². The van der Waals surface area contributed by atoms with Crippen molar-refractivity contribution in [3.8, 4) is 0 Å². The van der Waals surface area contributed by atoms with E-state index in [4.69, 9.17) is 0 Å². The summed E-state index contributed by atoms with van der Waals surface area (Å²) in [6.45, 7) is 0. The molecule has 1 atom stereocenters. The molecule has 0 bridgehead atoms. The van der Waals surface area contributed by atoms with Gasteiger partial charge in [0, 0.05) is 24.4 Å². The molecule has 14 heavy (non-hydrogen) atoms. The first-order valence-electron chi connectivity index (χ1n) is 3.99. The SMILES string of the molecule is OC(CCC(F)(F)F)c1cncnc1. The smallest absolute Gasteiger partial charge is 0.388 e. The third-order valence-corrected chi connectivity index (χ3v) is 1.67. The summed E-state index contributed by atoms with van der Waals surface area (Å²) in [5.74, 6) is 0. The molecule has 0 aliphatic rings. The van der Waals surface area contributed by atoms with Gasteiger partial charge in [0.25, 0.3) is 0 Å². The summed E-state index contributed by atoms with van der Waals surface area (Å²) in [5, 5.41) is 9.30. The van der Waals surface area contributed by atoms with Crippen LogP contribution in [-0.4, -0.2) is 21.3 Å². The molecule has 0 fully saturated rings. The van der Waals surface area contributed by atoms with Crippen LogP contribution in [0.25, 0.3) is 0 Å². The van der Waals surface area contributed by atoms with Gasteiger partial charge in [-0.05, 0) is 6.42 Å². The van der Waals surface area contributed by atoms with Gasteiger partial charge in [-0.15, -0.1) is 0 Å². The maximum atomic E-state index is 11.8. The minimum atomic E-state index is -4.24. The van der Waals surface area contributed by atoms with Gasteiger partial charge in [-0.2, -0.15) is 13.2 Å². The van der Waals surface area contributed by atoms with E-state index in [-0.39, 0.29) is 6.42 Å². The van der Waals surface area contributed by atoms with Crippen molar-refractivity contribution in [1.29, 1.82) is 0 Å². The van der Waals surface area contributed by atoms with Gasteiger partial charge in [-0.1, -0.05) is 0 Å². The molecule has 78 valence electrons. The number of hydrogen-bond donors (Lipinski definition) is 1. The fraction of sp³-hybridized carbons (Fsp3) is 0.500. The molecule has 3 nitrogen and oxygen atoms in total. The second kappa shape index (κ2) is 4.36. The second-order valence-electron chi connectivity index (χ2n) is 2.84. The van der Waals surface area contributed by atoms with Crippen molar-refractivity contribution >= 4 is 0 Å². The summed E-state index contributed by atoms with van der Waals surface area (Å²) in [7, 11) is 0. The molecular weight excluding hydrogens is 197 g/mol. The topological polar surface area (TPSA) is 46.0 Å². The van der Waals surface area contributed by atoms with Gasteiger partial charge in [-0.25, -0.2) is 9.97 Å². The number of hydrogen-bond acceptors (Lipinski definition) is 3. The van der Waals surface area contributed by atoms with E-state index in [1.54, 1.807) is 0 Å². The molecular formula is C8H9F3N2O. The lowest BCUT2D eigenvalue weighted by Crippen LogP contribution is -2.10. The van der Waals surface area contributed by atoms with E-state index in [1.807, 2.05) is 0 Å². The molecule has 1 aromatic rings. The maximum Gasteiger partial charge on any atom is 0.389 e. The van der Waals surface area contributed by atoms with E-state index in [0.717, 1.165) is 0 Å². The van der Waals surface area contributed by atoms with Crippen LogP contribution < -0.4 is 0 Å². The zero-order chi connectivity index (χ0) is 10.6. The van der Waals surface area contributed by atoms with Crippen LogP contribution in [0.15, 0.2) is 18.7 Å². The predicted octanol–water partition coefficient (Wildman–Crippen LogP) is 1.85. The zero-order valence-corrected chi connectivity index (χ0v) is 7.20. The van der Waals surface area contributed by atoms with Crippen LogP contribution in [0.2, 0.25) is 0 Å². The number of rotatable bonds is 3. The van der Waals surface area contributed by atoms with Gasteiger partial charge in [0.15, 0.2) is 0 Å². The Morgan fingerprint density at radius 1 is 1.29 bits per heavy atom. The minimum absolute atomic E-state index is 0.303. The number of nitrogens with zero attached hydrogens (tertiary/aromatic N) is 2. The molecule has 1 heterocycles. The zero-order valence-electron chi connectivity index (χ0n) is 7.20. The number of halogens is 3. The Balaban J connectivity index is 2.48. The highest BCUT2D eigenvalue weighted by atomic mass is 19.4. The Bertz CT molecular complexity index is 276. The summed E-state index contributed by atoms with van der Waals surface area (Å²) in [5.41, 5.74) is 0.303. The van der Waals surface area contributed by atoms with Gasteiger partial charge in [0.2, 0.25) is 0 Å². The normalized spacial score (nSPS) is 14.0. The highest BCUT2D eigenvalue weighted by Gasteiger charge is 2.28. The Kier molecular flexibility index (Phi) is 3.40. The van der Waals surface area contributed by atoms with Crippen molar-refractivity contribution in [1.82, 2.24) is 9.97 Å². The van der Waals surface area contributed by atoms with Crippen molar-refractivity contribution < 1.29 is 18.3 Å². The summed E-state index contributed by atoms with van der Waals surface area (Å²) < 4.78 is 35.4. The van der Waals surface area contributed by atoms with Crippen molar-refractivity contribution in [2.75, 3.05) is 0 Å². The van der Waals surface area contributed by atoms with Crippen LogP contribution in [-0.2, 0) is 0 Å². The fourth-order valence-electron chi connectivity index (χ4n) is 0.950. The first kappa shape index (κ1) is 10.9. The van der Waals surface area contributed by atoms with Crippen LogP contribution >= 0.6 is 0 Å². The van der Waals surface area contributed by atoms with Crippen LogP contribution in [0.5, 0.6) is 0 Å². The lowest BCUT2D eigenvalue weighted by molar-refractivity contribution is -0.140. The van der Waals surface area contributed by atoms with Gasteiger partial charge < -0.3 is 5.11 Å². The number of aliphatic hydroxyl groups excluding tert-OH is 1. The van der Waals surface area contributed by atoms with E-state index < -0.39 is 18.7 Å². The van der Waals surface area contributed by atoms with E-state index in [9.17, 15) is 18.3 Å². The molecule has 0 amide bonds. The minimum Gasteiger partial charge on any atom is -0.388 e. The number of alkyl halides is 3. The number of aromatic nitrogens is 2. The first-order chi connectivity index (χ1) is 6.49. The maximum absolute atomic E-state index is 11.8. The van der Waals surface area contributed by atoms with Crippen LogP contribution in [0, 0.1) is 0 Å². The number of aliphatic hydroxyl groups is 1. The summed E-state index contributed by atoms with van der Waals surface area (Å²) in [6, 6.07) is 0.